The first kappa shape index (κ1) is 13.6. The predicted octanol–water partition coefficient (Wildman–Crippen LogP) is 4.04. The molecule has 2 aromatic heterocycles. The summed E-state index contributed by atoms with van der Waals surface area (Å²) in [4.78, 5) is 11.5. The number of piperidine rings is 1. The first-order valence-corrected chi connectivity index (χ1v) is 8.79. The van der Waals surface area contributed by atoms with Crippen molar-refractivity contribution in [3.05, 3.63) is 23.1 Å². The van der Waals surface area contributed by atoms with Crippen molar-refractivity contribution < 1.29 is 0 Å². The molecule has 0 aromatic carbocycles. The van der Waals surface area contributed by atoms with Crippen LogP contribution in [0.4, 0.5) is 5.95 Å². The molecule has 0 amide bonds. The van der Waals surface area contributed by atoms with Gasteiger partial charge < -0.3 is 4.90 Å². The Morgan fingerprint density at radius 3 is 2.52 bits per heavy atom. The molecule has 21 heavy (non-hydrogen) atoms. The molecule has 2 fully saturated rings. The number of nitrogens with zero attached hydrogens (tertiary/aromatic N) is 4. The number of aromatic nitrogens is 3. The summed E-state index contributed by atoms with van der Waals surface area (Å²) in [6.07, 6.45) is 15.6. The van der Waals surface area contributed by atoms with Gasteiger partial charge in [-0.2, -0.15) is 0 Å². The first-order valence-electron chi connectivity index (χ1n) is 8.00. The molecule has 0 atom stereocenters. The van der Waals surface area contributed by atoms with E-state index in [9.17, 15) is 0 Å². The van der Waals surface area contributed by atoms with Gasteiger partial charge in [0.15, 0.2) is 5.65 Å². The number of hydrogen-bond donors (Lipinski definition) is 0. The number of imidazole rings is 1. The second kappa shape index (κ2) is 5.27. The summed E-state index contributed by atoms with van der Waals surface area (Å²) < 4.78 is 3.06. The third kappa shape index (κ3) is 2.35. The van der Waals surface area contributed by atoms with E-state index in [1.807, 2.05) is 18.6 Å². The molecule has 2 aromatic rings. The maximum absolute atomic E-state index is 4.64. The highest BCUT2D eigenvalue weighted by molar-refractivity contribution is 9.10. The molecule has 1 aliphatic carbocycles. The molecule has 4 nitrogen and oxygen atoms in total. The molecule has 1 spiro atoms. The van der Waals surface area contributed by atoms with E-state index >= 15 is 0 Å². The van der Waals surface area contributed by atoms with E-state index in [0.717, 1.165) is 29.2 Å². The Bertz CT molecular complexity index is 635. The maximum atomic E-state index is 4.64. The van der Waals surface area contributed by atoms with Crippen LogP contribution in [-0.2, 0) is 0 Å². The zero-order valence-electron chi connectivity index (χ0n) is 12.3. The van der Waals surface area contributed by atoms with Gasteiger partial charge in [-0.1, -0.05) is 19.3 Å². The highest BCUT2D eigenvalue weighted by atomic mass is 79.9. The van der Waals surface area contributed by atoms with Crippen LogP contribution in [0.15, 0.2) is 23.1 Å². The van der Waals surface area contributed by atoms with Gasteiger partial charge in [-0.25, -0.2) is 9.97 Å². The van der Waals surface area contributed by atoms with Gasteiger partial charge in [-0.3, -0.25) is 4.40 Å². The molecular weight excluding hydrogens is 328 g/mol. The minimum atomic E-state index is 0.637. The van der Waals surface area contributed by atoms with Crippen LogP contribution in [0, 0.1) is 5.41 Å². The lowest BCUT2D eigenvalue weighted by Gasteiger charge is -2.44. The second-order valence-electron chi connectivity index (χ2n) is 6.57. The summed E-state index contributed by atoms with van der Waals surface area (Å²) in [6, 6.07) is 0. The lowest BCUT2D eigenvalue weighted by Crippen LogP contribution is -2.42. The molecule has 2 aliphatic rings. The van der Waals surface area contributed by atoms with Gasteiger partial charge in [0, 0.05) is 31.7 Å². The molecule has 4 rings (SSSR count). The molecule has 3 heterocycles. The first-order chi connectivity index (χ1) is 10.3. The zero-order chi connectivity index (χ0) is 14.3. The van der Waals surface area contributed by atoms with Crippen molar-refractivity contribution in [3.63, 3.8) is 0 Å². The lowest BCUT2D eigenvalue weighted by atomic mass is 9.68. The summed E-state index contributed by atoms with van der Waals surface area (Å²) in [5.74, 6) is 1.04. The zero-order valence-corrected chi connectivity index (χ0v) is 13.8. The Balaban J connectivity index is 1.57. The quantitative estimate of drug-likeness (QED) is 0.779. The summed E-state index contributed by atoms with van der Waals surface area (Å²) in [7, 11) is 0. The van der Waals surface area contributed by atoms with Crippen LogP contribution in [0.1, 0.15) is 44.9 Å². The van der Waals surface area contributed by atoms with Crippen molar-refractivity contribution in [1.82, 2.24) is 14.4 Å². The Labute approximate surface area is 133 Å². The smallest absolute Gasteiger partial charge is 0.211 e. The lowest BCUT2D eigenvalue weighted by molar-refractivity contribution is 0.143. The van der Waals surface area contributed by atoms with E-state index in [-0.39, 0.29) is 0 Å². The maximum Gasteiger partial charge on any atom is 0.211 e. The third-order valence-electron chi connectivity index (χ3n) is 5.38. The fraction of sp³-hybridized carbons (Fsp3) is 0.625. The largest absolute Gasteiger partial charge is 0.342 e. The Morgan fingerprint density at radius 2 is 1.76 bits per heavy atom. The number of anilines is 1. The predicted molar refractivity (Wildman–Crippen MR) is 87.7 cm³/mol. The molecule has 0 bridgehead atoms. The SMILES string of the molecule is Brc1cnc(N2CCC3(CCCCC3)CC2)n2ccnc12. The standard InChI is InChI=1S/C16H21BrN4/c17-13-12-19-15(21-11-8-18-14(13)21)20-9-6-16(7-10-20)4-2-1-3-5-16/h8,11-12H,1-7,9-10H2. The van der Waals surface area contributed by atoms with Crippen LogP contribution in [0.3, 0.4) is 0 Å². The van der Waals surface area contributed by atoms with Crippen molar-refractivity contribution in [2.24, 2.45) is 5.41 Å². The van der Waals surface area contributed by atoms with Crippen LogP contribution in [0.5, 0.6) is 0 Å². The third-order valence-corrected chi connectivity index (χ3v) is 5.94. The normalized spacial score (nSPS) is 22.0. The summed E-state index contributed by atoms with van der Waals surface area (Å²) in [6.45, 7) is 2.25. The second-order valence-corrected chi connectivity index (χ2v) is 7.43. The van der Waals surface area contributed by atoms with E-state index in [1.54, 1.807) is 0 Å². The number of halogens is 1. The van der Waals surface area contributed by atoms with Crippen molar-refractivity contribution in [3.8, 4) is 0 Å². The van der Waals surface area contributed by atoms with Gasteiger partial charge in [-0.05, 0) is 47.0 Å². The van der Waals surface area contributed by atoms with E-state index in [1.165, 1.54) is 44.9 Å². The summed E-state index contributed by atoms with van der Waals surface area (Å²) in [5, 5.41) is 0. The van der Waals surface area contributed by atoms with E-state index in [0.29, 0.717) is 5.41 Å². The molecule has 0 N–H and O–H groups in total. The monoisotopic (exact) mass is 348 g/mol. The van der Waals surface area contributed by atoms with Crippen molar-refractivity contribution >= 4 is 27.5 Å². The minimum absolute atomic E-state index is 0.637. The van der Waals surface area contributed by atoms with Gasteiger partial charge in [0.05, 0.1) is 4.47 Å². The highest BCUT2D eigenvalue weighted by Crippen LogP contribution is 2.45. The molecule has 1 aliphatic heterocycles. The molecule has 1 saturated heterocycles. The van der Waals surface area contributed by atoms with Gasteiger partial charge in [0.2, 0.25) is 5.95 Å². The molecule has 1 saturated carbocycles. The summed E-state index contributed by atoms with van der Waals surface area (Å²) in [5.41, 5.74) is 1.59. The average Bonchev–Trinajstić information content (AvgIpc) is 3.00. The van der Waals surface area contributed by atoms with Gasteiger partial charge in [0.1, 0.15) is 0 Å². The number of fused-ring (bicyclic) bond motifs is 1. The van der Waals surface area contributed by atoms with Crippen LogP contribution >= 0.6 is 15.9 Å². The van der Waals surface area contributed by atoms with E-state index < -0.39 is 0 Å². The fourth-order valence-corrected chi connectivity index (χ4v) is 4.49. The van der Waals surface area contributed by atoms with Gasteiger partial charge in [-0.15, -0.1) is 0 Å². The minimum Gasteiger partial charge on any atom is -0.342 e. The highest BCUT2D eigenvalue weighted by Gasteiger charge is 2.36. The van der Waals surface area contributed by atoms with Crippen molar-refractivity contribution in [1.29, 1.82) is 0 Å². The Morgan fingerprint density at radius 1 is 1.00 bits per heavy atom. The average molecular weight is 349 g/mol. The molecule has 0 unspecified atom stereocenters. The van der Waals surface area contributed by atoms with Crippen molar-refractivity contribution in [2.45, 2.75) is 44.9 Å². The Hall–Kier alpha value is -1.10. The number of rotatable bonds is 1. The number of hydrogen-bond acceptors (Lipinski definition) is 3. The molecule has 5 heteroatoms. The topological polar surface area (TPSA) is 33.4 Å². The fourth-order valence-electron chi connectivity index (χ4n) is 4.09. The van der Waals surface area contributed by atoms with Crippen LogP contribution < -0.4 is 4.90 Å². The van der Waals surface area contributed by atoms with Gasteiger partial charge >= 0.3 is 0 Å². The van der Waals surface area contributed by atoms with Crippen LogP contribution in [-0.4, -0.2) is 27.5 Å². The van der Waals surface area contributed by atoms with E-state index in [4.69, 9.17) is 0 Å². The van der Waals surface area contributed by atoms with Crippen LogP contribution in [0.25, 0.3) is 5.65 Å². The van der Waals surface area contributed by atoms with Gasteiger partial charge in [0.25, 0.3) is 0 Å². The van der Waals surface area contributed by atoms with Crippen LogP contribution in [0.2, 0.25) is 0 Å². The molecule has 0 radical (unpaired) electrons. The molecular formula is C16H21BrN4. The van der Waals surface area contributed by atoms with E-state index in [2.05, 4.69) is 35.2 Å². The Kier molecular flexibility index (Phi) is 3.40. The molecule has 112 valence electrons. The van der Waals surface area contributed by atoms with Crippen molar-refractivity contribution in [2.75, 3.05) is 18.0 Å². The summed E-state index contributed by atoms with van der Waals surface area (Å²) >= 11 is 3.53.